The zero-order valence-corrected chi connectivity index (χ0v) is 14.6. The number of amides is 1. The Morgan fingerprint density at radius 3 is 2.24 bits per heavy atom. The lowest BCUT2D eigenvalue weighted by molar-refractivity contribution is -0.116. The zero-order chi connectivity index (χ0) is 18.2. The summed E-state index contributed by atoms with van der Waals surface area (Å²) in [5.74, 6) is 0.722. The molecule has 2 N–H and O–H groups in total. The summed E-state index contributed by atoms with van der Waals surface area (Å²) >= 11 is 0. The lowest BCUT2D eigenvalue weighted by atomic mass is 10.2. The standard InChI is InChI=1S/C19H23FN2O3/c1-4-24-17-11-10-16(12-18(17)25-5-2)21-13(3)19(23)22-15-8-6-14(20)7-9-15/h6-13,21H,4-5H2,1-3H3,(H,22,23)/t13-/m0/s1. The van der Waals surface area contributed by atoms with Gasteiger partial charge in [-0.05, 0) is 57.2 Å². The highest BCUT2D eigenvalue weighted by Crippen LogP contribution is 2.30. The maximum atomic E-state index is 12.9. The van der Waals surface area contributed by atoms with Crippen LogP contribution in [0.2, 0.25) is 0 Å². The van der Waals surface area contributed by atoms with Crippen molar-refractivity contribution >= 4 is 17.3 Å². The molecule has 0 heterocycles. The summed E-state index contributed by atoms with van der Waals surface area (Å²) in [6, 6.07) is 10.6. The van der Waals surface area contributed by atoms with Crippen LogP contribution in [-0.4, -0.2) is 25.2 Å². The molecule has 0 radical (unpaired) electrons. The van der Waals surface area contributed by atoms with E-state index >= 15 is 0 Å². The number of ether oxygens (including phenoxy) is 2. The van der Waals surface area contributed by atoms with Crippen LogP contribution in [0.5, 0.6) is 11.5 Å². The molecular formula is C19H23FN2O3. The summed E-state index contributed by atoms with van der Waals surface area (Å²) in [6.45, 7) is 6.61. The Balaban J connectivity index is 2.03. The first-order chi connectivity index (χ1) is 12.0. The number of hydrogen-bond donors (Lipinski definition) is 2. The number of carbonyl (C=O) groups excluding carboxylic acids is 1. The summed E-state index contributed by atoms with van der Waals surface area (Å²) in [4.78, 5) is 12.3. The van der Waals surface area contributed by atoms with Gasteiger partial charge in [-0.15, -0.1) is 0 Å². The molecule has 0 aliphatic carbocycles. The van der Waals surface area contributed by atoms with Crippen molar-refractivity contribution in [3.63, 3.8) is 0 Å². The largest absolute Gasteiger partial charge is 0.490 e. The van der Waals surface area contributed by atoms with Crippen LogP contribution < -0.4 is 20.1 Å². The molecule has 2 aromatic carbocycles. The fourth-order valence-electron chi connectivity index (χ4n) is 2.24. The van der Waals surface area contributed by atoms with E-state index < -0.39 is 6.04 Å². The van der Waals surface area contributed by atoms with Crippen LogP contribution >= 0.6 is 0 Å². The number of carbonyl (C=O) groups is 1. The van der Waals surface area contributed by atoms with E-state index in [1.165, 1.54) is 24.3 Å². The van der Waals surface area contributed by atoms with Gasteiger partial charge in [-0.3, -0.25) is 4.79 Å². The fourth-order valence-corrected chi connectivity index (χ4v) is 2.24. The Kier molecular flexibility index (Phi) is 6.62. The van der Waals surface area contributed by atoms with E-state index in [0.717, 1.165) is 5.69 Å². The molecule has 0 saturated carbocycles. The van der Waals surface area contributed by atoms with Crippen LogP contribution in [0.3, 0.4) is 0 Å². The van der Waals surface area contributed by atoms with Crippen molar-refractivity contribution in [2.45, 2.75) is 26.8 Å². The van der Waals surface area contributed by atoms with Crippen molar-refractivity contribution < 1.29 is 18.7 Å². The van der Waals surface area contributed by atoms with E-state index in [-0.39, 0.29) is 11.7 Å². The Morgan fingerprint density at radius 2 is 1.60 bits per heavy atom. The number of nitrogens with one attached hydrogen (secondary N) is 2. The van der Waals surface area contributed by atoms with Crippen LogP contribution in [0.25, 0.3) is 0 Å². The molecule has 6 heteroatoms. The van der Waals surface area contributed by atoms with Crippen molar-refractivity contribution in [1.82, 2.24) is 0 Å². The lowest BCUT2D eigenvalue weighted by Crippen LogP contribution is -2.31. The van der Waals surface area contributed by atoms with Crippen molar-refractivity contribution in [2.24, 2.45) is 0 Å². The number of rotatable bonds is 8. The molecule has 0 fully saturated rings. The second-order valence-corrected chi connectivity index (χ2v) is 5.39. The molecular weight excluding hydrogens is 323 g/mol. The highest BCUT2D eigenvalue weighted by molar-refractivity contribution is 5.96. The smallest absolute Gasteiger partial charge is 0.246 e. The van der Waals surface area contributed by atoms with Gasteiger partial charge in [-0.25, -0.2) is 4.39 Å². The maximum Gasteiger partial charge on any atom is 0.246 e. The fraction of sp³-hybridized carbons (Fsp3) is 0.316. The Bertz CT molecular complexity index is 704. The summed E-state index contributed by atoms with van der Waals surface area (Å²) < 4.78 is 24.0. The SMILES string of the molecule is CCOc1ccc(N[C@@H](C)C(=O)Nc2ccc(F)cc2)cc1OCC. The minimum atomic E-state index is -0.488. The summed E-state index contributed by atoms with van der Waals surface area (Å²) in [6.07, 6.45) is 0. The molecule has 0 aliphatic heterocycles. The monoisotopic (exact) mass is 346 g/mol. The molecule has 1 amide bonds. The van der Waals surface area contributed by atoms with Crippen molar-refractivity contribution in [1.29, 1.82) is 0 Å². The molecule has 2 aromatic rings. The predicted molar refractivity (Wildman–Crippen MR) is 96.9 cm³/mol. The predicted octanol–water partition coefficient (Wildman–Crippen LogP) is 4.06. The van der Waals surface area contributed by atoms with Gasteiger partial charge in [0.05, 0.1) is 13.2 Å². The van der Waals surface area contributed by atoms with Crippen molar-refractivity contribution in [3.05, 3.63) is 48.3 Å². The van der Waals surface area contributed by atoms with Gasteiger partial charge in [-0.2, -0.15) is 0 Å². The van der Waals surface area contributed by atoms with E-state index in [2.05, 4.69) is 10.6 Å². The third-order valence-corrected chi connectivity index (χ3v) is 3.43. The molecule has 0 aromatic heterocycles. The zero-order valence-electron chi connectivity index (χ0n) is 14.6. The maximum absolute atomic E-state index is 12.9. The van der Waals surface area contributed by atoms with Crippen LogP contribution in [0.15, 0.2) is 42.5 Å². The molecule has 5 nitrogen and oxygen atoms in total. The summed E-state index contributed by atoms with van der Waals surface area (Å²) in [5.41, 5.74) is 1.29. The topological polar surface area (TPSA) is 59.6 Å². The summed E-state index contributed by atoms with van der Waals surface area (Å²) in [5, 5.41) is 5.86. The lowest BCUT2D eigenvalue weighted by Gasteiger charge is -2.17. The van der Waals surface area contributed by atoms with E-state index in [1.807, 2.05) is 19.9 Å². The molecule has 0 unspecified atom stereocenters. The first kappa shape index (κ1) is 18.6. The highest BCUT2D eigenvalue weighted by atomic mass is 19.1. The molecule has 0 spiro atoms. The number of anilines is 2. The molecule has 0 aliphatic rings. The van der Waals surface area contributed by atoms with Gasteiger partial charge in [0.2, 0.25) is 5.91 Å². The number of halogens is 1. The second kappa shape index (κ2) is 8.92. The van der Waals surface area contributed by atoms with Crippen LogP contribution in [-0.2, 0) is 4.79 Å². The molecule has 2 rings (SSSR count). The Hall–Kier alpha value is -2.76. The van der Waals surface area contributed by atoms with Crippen molar-refractivity contribution in [2.75, 3.05) is 23.8 Å². The van der Waals surface area contributed by atoms with E-state index in [4.69, 9.17) is 9.47 Å². The van der Waals surface area contributed by atoms with Gasteiger partial charge < -0.3 is 20.1 Å². The highest BCUT2D eigenvalue weighted by Gasteiger charge is 2.14. The minimum Gasteiger partial charge on any atom is -0.490 e. The number of benzene rings is 2. The van der Waals surface area contributed by atoms with Gasteiger partial charge in [-0.1, -0.05) is 0 Å². The van der Waals surface area contributed by atoms with Crippen LogP contribution in [0.1, 0.15) is 20.8 Å². The molecule has 25 heavy (non-hydrogen) atoms. The first-order valence-corrected chi connectivity index (χ1v) is 8.26. The van der Waals surface area contributed by atoms with E-state index in [0.29, 0.717) is 30.4 Å². The third-order valence-electron chi connectivity index (χ3n) is 3.43. The first-order valence-electron chi connectivity index (χ1n) is 8.26. The van der Waals surface area contributed by atoms with E-state index in [9.17, 15) is 9.18 Å². The molecule has 0 saturated heterocycles. The molecule has 1 atom stereocenters. The van der Waals surface area contributed by atoms with Crippen molar-refractivity contribution in [3.8, 4) is 11.5 Å². The normalized spacial score (nSPS) is 11.5. The van der Waals surface area contributed by atoms with Crippen LogP contribution in [0, 0.1) is 5.82 Å². The van der Waals surface area contributed by atoms with Gasteiger partial charge in [0.25, 0.3) is 0 Å². The summed E-state index contributed by atoms with van der Waals surface area (Å²) in [7, 11) is 0. The van der Waals surface area contributed by atoms with Gasteiger partial charge in [0.15, 0.2) is 11.5 Å². The van der Waals surface area contributed by atoms with E-state index in [1.54, 1.807) is 19.1 Å². The van der Waals surface area contributed by atoms with Gasteiger partial charge in [0.1, 0.15) is 11.9 Å². The number of hydrogen-bond acceptors (Lipinski definition) is 4. The van der Waals surface area contributed by atoms with Crippen LogP contribution in [0.4, 0.5) is 15.8 Å². The van der Waals surface area contributed by atoms with Gasteiger partial charge >= 0.3 is 0 Å². The average molecular weight is 346 g/mol. The Morgan fingerprint density at radius 1 is 1.00 bits per heavy atom. The molecule has 134 valence electrons. The quantitative estimate of drug-likeness (QED) is 0.757. The average Bonchev–Trinajstić information content (AvgIpc) is 2.59. The minimum absolute atomic E-state index is 0.224. The molecule has 0 bridgehead atoms. The van der Waals surface area contributed by atoms with Gasteiger partial charge in [0, 0.05) is 17.4 Å². The second-order valence-electron chi connectivity index (χ2n) is 5.39. The third kappa shape index (κ3) is 5.38. The Labute approximate surface area is 147 Å².